The molecule has 0 aliphatic carbocycles. The summed E-state index contributed by atoms with van der Waals surface area (Å²) in [4.78, 5) is 23.6. The molecule has 2 amide bonds. The lowest BCUT2D eigenvalue weighted by molar-refractivity contribution is -0.114. The number of benzene rings is 2. The van der Waals surface area contributed by atoms with Gasteiger partial charge in [0.05, 0.1) is 12.8 Å². The first-order valence-corrected chi connectivity index (χ1v) is 7.25. The van der Waals surface area contributed by atoms with E-state index in [1.54, 1.807) is 24.3 Å². The van der Waals surface area contributed by atoms with Gasteiger partial charge in [-0.1, -0.05) is 6.07 Å². The van der Waals surface area contributed by atoms with E-state index in [1.807, 2.05) is 26.0 Å². The van der Waals surface area contributed by atoms with Crippen LogP contribution in [0.5, 0.6) is 5.75 Å². The van der Waals surface area contributed by atoms with Gasteiger partial charge in [-0.2, -0.15) is 0 Å². The van der Waals surface area contributed by atoms with Crippen LogP contribution in [0.15, 0.2) is 36.4 Å². The summed E-state index contributed by atoms with van der Waals surface area (Å²) in [5.74, 6) is 0.115. The molecule has 5 nitrogen and oxygen atoms in total. The highest BCUT2D eigenvalue weighted by Crippen LogP contribution is 2.28. The Morgan fingerprint density at radius 1 is 0.957 bits per heavy atom. The number of carbonyl (C=O) groups is 2. The fourth-order valence-corrected chi connectivity index (χ4v) is 2.16. The van der Waals surface area contributed by atoms with E-state index in [9.17, 15) is 9.59 Å². The lowest BCUT2D eigenvalue weighted by Gasteiger charge is -2.13. The number of hydrogen-bond acceptors (Lipinski definition) is 3. The van der Waals surface area contributed by atoms with Crippen LogP contribution in [-0.2, 0) is 4.79 Å². The van der Waals surface area contributed by atoms with Crippen LogP contribution >= 0.6 is 0 Å². The van der Waals surface area contributed by atoms with Gasteiger partial charge in [0.1, 0.15) is 5.75 Å². The average Bonchev–Trinajstić information content (AvgIpc) is 2.49. The van der Waals surface area contributed by atoms with Crippen molar-refractivity contribution < 1.29 is 14.3 Å². The van der Waals surface area contributed by atoms with Crippen LogP contribution in [0.1, 0.15) is 28.4 Å². The monoisotopic (exact) mass is 312 g/mol. The molecule has 5 heteroatoms. The van der Waals surface area contributed by atoms with Gasteiger partial charge in [0.25, 0.3) is 5.91 Å². The minimum Gasteiger partial charge on any atom is -0.495 e. The molecule has 0 aliphatic rings. The molecular formula is C18H20N2O3. The van der Waals surface area contributed by atoms with E-state index in [1.165, 1.54) is 14.0 Å². The summed E-state index contributed by atoms with van der Waals surface area (Å²) >= 11 is 0. The number of nitrogens with one attached hydrogen (secondary N) is 2. The highest BCUT2D eigenvalue weighted by Gasteiger charge is 2.11. The molecule has 2 aromatic rings. The highest BCUT2D eigenvalue weighted by molar-refractivity contribution is 6.05. The molecule has 23 heavy (non-hydrogen) atoms. The van der Waals surface area contributed by atoms with Crippen molar-refractivity contribution >= 4 is 23.2 Å². The highest BCUT2D eigenvalue weighted by atomic mass is 16.5. The quantitative estimate of drug-likeness (QED) is 0.907. The summed E-state index contributed by atoms with van der Waals surface area (Å²) in [5.41, 5.74) is 3.85. The molecule has 2 rings (SSSR count). The number of hydrogen-bond donors (Lipinski definition) is 2. The third-order valence-corrected chi connectivity index (χ3v) is 3.54. The number of aryl methyl sites for hydroxylation is 2. The number of methoxy groups -OCH3 is 1. The van der Waals surface area contributed by atoms with Crippen molar-refractivity contribution in [3.8, 4) is 5.75 Å². The van der Waals surface area contributed by atoms with E-state index in [0.29, 0.717) is 22.7 Å². The summed E-state index contributed by atoms with van der Waals surface area (Å²) in [6.07, 6.45) is 0. The Balaban J connectivity index is 2.28. The number of ether oxygens (including phenoxy) is 1. The van der Waals surface area contributed by atoms with Gasteiger partial charge in [-0.15, -0.1) is 0 Å². The molecule has 0 unspecified atom stereocenters. The second-order valence-electron chi connectivity index (χ2n) is 5.35. The number of carbonyl (C=O) groups excluding carboxylic acids is 2. The molecule has 2 N–H and O–H groups in total. The molecule has 0 saturated heterocycles. The van der Waals surface area contributed by atoms with Gasteiger partial charge >= 0.3 is 0 Å². The van der Waals surface area contributed by atoms with Crippen molar-refractivity contribution in [2.24, 2.45) is 0 Å². The van der Waals surface area contributed by atoms with Crippen molar-refractivity contribution in [3.63, 3.8) is 0 Å². The standard InChI is InChI=1S/C18H20N2O3/c1-11-5-6-14(9-12(11)2)18(22)20-16-10-15(19-13(3)21)7-8-17(16)23-4/h5-10H,1-4H3,(H,19,21)(H,20,22). The number of rotatable bonds is 4. The molecule has 0 spiro atoms. The van der Waals surface area contributed by atoms with E-state index in [0.717, 1.165) is 11.1 Å². The largest absolute Gasteiger partial charge is 0.495 e. The molecule has 0 aromatic heterocycles. The first-order valence-electron chi connectivity index (χ1n) is 7.25. The predicted octanol–water partition coefficient (Wildman–Crippen LogP) is 3.52. The van der Waals surface area contributed by atoms with Gasteiger partial charge in [-0.25, -0.2) is 0 Å². The molecular weight excluding hydrogens is 292 g/mol. The molecule has 0 fully saturated rings. The second-order valence-corrected chi connectivity index (χ2v) is 5.35. The van der Waals surface area contributed by atoms with Gasteiger partial charge in [-0.05, 0) is 55.3 Å². The summed E-state index contributed by atoms with van der Waals surface area (Å²) in [6, 6.07) is 10.6. The molecule has 0 heterocycles. The van der Waals surface area contributed by atoms with Crippen molar-refractivity contribution in [2.75, 3.05) is 17.7 Å². The number of amides is 2. The summed E-state index contributed by atoms with van der Waals surface area (Å²) < 4.78 is 5.26. The Morgan fingerprint density at radius 2 is 1.70 bits per heavy atom. The Bertz CT molecular complexity index is 754. The third-order valence-electron chi connectivity index (χ3n) is 3.54. The van der Waals surface area contributed by atoms with Crippen LogP contribution in [-0.4, -0.2) is 18.9 Å². The zero-order valence-corrected chi connectivity index (χ0v) is 13.7. The lowest BCUT2D eigenvalue weighted by Crippen LogP contribution is -2.14. The predicted molar refractivity (Wildman–Crippen MR) is 91.2 cm³/mol. The first-order chi connectivity index (χ1) is 10.9. The molecule has 0 saturated carbocycles. The Kier molecular flexibility index (Phi) is 5.01. The van der Waals surface area contributed by atoms with E-state index in [4.69, 9.17) is 4.74 Å². The molecule has 0 bridgehead atoms. The van der Waals surface area contributed by atoms with Crippen molar-refractivity contribution in [2.45, 2.75) is 20.8 Å². The fourth-order valence-electron chi connectivity index (χ4n) is 2.16. The maximum absolute atomic E-state index is 12.4. The van der Waals surface area contributed by atoms with Crippen molar-refractivity contribution in [3.05, 3.63) is 53.1 Å². The van der Waals surface area contributed by atoms with Crippen LogP contribution in [0, 0.1) is 13.8 Å². The fraction of sp³-hybridized carbons (Fsp3) is 0.222. The van der Waals surface area contributed by atoms with Crippen LogP contribution in [0.3, 0.4) is 0 Å². The van der Waals surface area contributed by atoms with E-state index >= 15 is 0 Å². The normalized spacial score (nSPS) is 10.1. The number of anilines is 2. The third kappa shape index (κ3) is 4.10. The molecule has 0 atom stereocenters. The van der Waals surface area contributed by atoms with Gasteiger partial charge in [0.2, 0.25) is 5.91 Å². The first kappa shape index (κ1) is 16.5. The van der Waals surface area contributed by atoms with Crippen LogP contribution in [0.25, 0.3) is 0 Å². The average molecular weight is 312 g/mol. The summed E-state index contributed by atoms with van der Waals surface area (Å²) in [6.45, 7) is 5.39. The zero-order valence-electron chi connectivity index (χ0n) is 13.7. The maximum atomic E-state index is 12.4. The Labute approximate surface area is 135 Å². The van der Waals surface area contributed by atoms with Gasteiger partial charge in [0, 0.05) is 18.2 Å². The smallest absolute Gasteiger partial charge is 0.255 e. The van der Waals surface area contributed by atoms with Gasteiger partial charge in [-0.3, -0.25) is 9.59 Å². The minimum atomic E-state index is -0.230. The Hall–Kier alpha value is -2.82. The van der Waals surface area contributed by atoms with Crippen LogP contribution in [0.4, 0.5) is 11.4 Å². The lowest BCUT2D eigenvalue weighted by atomic mass is 10.1. The van der Waals surface area contributed by atoms with Crippen LogP contribution in [0.2, 0.25) is 0 Å². The maximum Gasteiger partial charge on any atom is 0.255 e. The van der Waals surface area contributed by atoms with Crippen molar-refractivity contribution in [1.29, 1.82) is 0 Å². The molecule has 2 aromatic carbocycles. The van der Waals surface area contributed by atoms with E-state index in [-0.39, 0.29) is 11.8 Å². The molecule has 0 radical (unpaired) electrons. The van der Waals surface area contributed by atoms with E-state index in [2.05, 4.69) is 10.6 Å². The SMILES string of the molecule is COc1ccc(NC(C)=O)cc1NC(=O)c1ccc(C)c(C)c1. The molecule has 0 aliphatic heterocycles. The Morgan fingerprint density at radius 3 is 2.30 bits per heavy atom. The minimum absolute atomic E-state index is 0.179. The van der Waals surface area contributed by atoms with Gasteiger partial charge in [0.15, 0.2) is 0 Å². The summed E-state index contributed by atoms with van der Waals surface area (Å²) in [5, 5.41) is 5.50. The topological polar surface area (TPSA) is 67.4 Å². The molecule has 120 valence electrons. The second kappa shape index (κ2) is 6.96. The zero-order chi connectivity index (χ0) is 17.0. The van der Waals surface area contributed by atoms with Crippen LogP contribution < -0.4 is 15.4 Å². The van der Waals surface area contributed by atoms with Gasteiger partial charge < -0.3 is 15.4 Å². The summed E-state index contributed by atoms with van der Waals surface area (Å²) in [7, 11) is 1.53. The van der Waals surface area contributed by atoms with E-state index < -0.39 is 0 Å². The van der Waals surface area contributed by atoms with Crippen molar-refractivity contribution in [1.82, 2.24) is 0 Å².